The molecule has 24 heavy (non-hydrogen) atoms. The van der Waals surface area contributed by atoms with E-state index in [1.165, 1.54) is 30.3 Å². The highest BCUT2D eigenvalue weighted by molar-refractivity contribution is 7.93. The van der Waals surface area contributed by atoms with E-state index in [-0.39, 0.29) is 33.6 Å². The molecule has 0 bridgehead atoms. The number of benzene rings is 2. The number of carboxylic acid groups (broad SMARTS) is 1. The molecular formula is C15H12Cl3NO4S. The van der Waals surface area contributed by atoms with Crippen molar-refractivity contribution in [2.45, 2.75) is 11.3 Å². The fraction of sp³-hybridized carbons (Fsp3) is 0.133. The van der Waals surface area contributed by atoms with Crippen molar-refractivity contribution in [2.24, 2.45) is 0 Å². The average Bonchev–Trinajstić information content (AvgIpc) is 2.49. The van der Waals surface area contributed by atoms with Crippen LogP contribution in [0.15, 0.2) is 47.4 Å². The summed E-state index contributed by atoms with van der Waals surface area (Å²) in [7, 11) is -4.12. The van der Waals surface area contributed by atoms with Crippen LogP contribution in [0.25, 0.3) is 0 Å². The average molecular weight is 409 g/mol. The van der Waals surface area contributed by atoms with Crippen LogP contribution in [0.5, 0.6) is 0 Å². The van der Waals surface area contributed by atoms with Crippen LogP contribution in [-0.2, 0) is 14.8 Å². The summed E-state index contributed by atoms with van der Waals surface area (Å²) >= 11 is 17.8. The van der Waals surface area contributed by atoms with Gasteiger partial charge in [0, 0.05) is 16.6 Å². The Morgan fingerprint density at radius 2 is 1.71 bits per heavy atom. The smallest absolute Gasteiger partial charge is 0.305 e. The Labute approximate surface area is 154 Å². The molecule has 0 atom stereocenters. The van der Waals surface area contributed by atoms with Crippen LogP contribution in [0, 0.1) is 0 Å². The lowest BCUT2D eigenvalue weighted by atomic mass is 10.3. The van der Waals surface area contributed by atoms with Crippen LogP contribution in [0.1, 0.15) is 6.42 Å². The predicted molar refractivity (Wildman–Crippen MR) is 94.7 cm³/mol. The Morgan fingerprint density at radius 1 is 1.04 bits per heavy atom. The van der Waals surface area contributed by atoms with Crippen LogP contribution in [-0.4, -0.2) is 26.0 Å². The van der Waals surface area contributed by atoms with E-state index in [1.54, 1.807) is 12.1 Å². The van der Waals surface area contributed by atoms with Gasteiger partial charge in [-0.1, -0.05) is 40.9 Å². The van der Waals surface area contributed by atoms with E-state index in [4.69, 9.17) is 39.9 Å². The van der Waals surface area contributed by atoms with Crippen molar-refractivity contribution >= 4 is 56.5 Å². The van der Waals surface area contributed by atoms with Gasteiger partial charge in [-0.05, 0) is 36.4 Å². The summed E-state index contributed by atoms with van der Waals surface area (Å²) in [5.41, 5.74) is 0.236. The van der Waals surface area contributed by atoms with E-state index >= 15 is 0 Å². The first kappa shape index (κ1) is 18.9. The Balaban J connectivity index is 2.56. The number of halogens is 3. The van der Waals surface area contributed by atoms with Gasteiger partial charge in [0.2, 0.25) is 0 Å². The summed E-state index contributed by atoms with van der Waals surface area (Å²) in [6, 6.07) is 10.1. The van der Waals surface area contributed by atoms with E-state index in [9.17, 15) is 13.2 Å². The van der Waals surface area contributed by atoms with Crippen LogP contribution in [0.3, 0.4) is 0 Å². The summed E-state index contributed by atoms with van der Waals surface area (Å²) in [6.45, 7) is -0.277. The van der Waals surface area contributed by atoms with Crippen molar-refractivity contribution in [2.75, 3.05) is 10.8 Å². The highest BCUT2D eigenvalue weighted by Gasteiger charge is 2.28. The fourth-order valence-electron chi connectivity index (χ4n) is 2.01. The third-order valence-corrected chi connectivity index (χ3v) is 5.87. The molecule has 0 radical (unpaired) electrons. The Morgan fingerprint density at radius 3 is 2.33 bits per heavy atom. The SMILES string of the molecule is O=C(O)CCN(c1cccc(Cl)c1)S(=O)(=O)c1cc(Cl)ccc1Cl. The summed E-state index contributed by atoms with van der Waals surface area (Å²) in [4.78, 5) is 10.7. The molecule has 0 amide bonds. The zero-order chi connectivity index (χ0) is 17.9. The second-order valence-corrected chi connectivity index (χ2v) is 7.89. The maximum atomic E-state index is 13.0. The maximum absolute atomic E-state index is 13.0. The lowest BCUT2D eigenvalue weighted by Gasteiger charge is -2.24. The van der Waals surface area contributed by atoms with E-state index in [0.29, 0.717) is 5.02 Å². The molecule has 0 saturated carbocycles. The minimum atomic E-state index is -4.12. The number of nitrogens with zero attached hydrogens (tertiary/aromatic N) is 1. The number of anilines is 1. The van der Waals surface area contributed by atoms with Gasteiger partial charge in [0.15, 0.2) is 0 Å². The van der Waals surface area contributed by atoms with Crippen molar-refractivity contribution in [1.82, 2.24) is 0 Å². The third kappa shape index (κ3) is 4.33. The van der Waals surface area contributed by atoms with Crippen LogP contribution < -0.4 is 4.31 Å². The largest absolute Gasteiger partial charge is 0.481 e. The molecule has 0 aromatic heterocycles. The number of carbonyl (C=O) groups is 1. The van der Waals surface area contributed by atoms with E-state index < -0.39 is 16.0 Å². The van der Waals surface area contributed by atoms with Gasteiger partial charge >= 0.3 is 5.97 Å². The molecule has 128 valence electrons. The van der Waals surface area contributed by atoms with E-state index in [0.717, 1.165) is 4.31 Å². The molecule has 2 aromatic carbocycles. The van der Waals surface area contributed by atoms with Crippen molar-refractivity contribution in [3.05, 3.63) is 57.5 Å². The molecule has 0 unspecified atom stereocenters. The fourth-order valence-corrected chi connectivity index (χ4v) is 4.39. The van der Waals surface area contributed by atoms with Crippen LogP contribution in [0.4, 0.5) is 5.69 Å². The summed E-state index contributed by atoms with van der Waals surface area (Å²) in [5, 5.41) is 9.41. The summed E-state index contributed by atoms with van der Waals surface area (Å²) in [5.74, 6) is -1.13. The monoisotopic (exact) mass is 407 g/mol. The van der Waals surface area contributed by atoms with Gasteiger partial charge in [0.25, 0.3) is 10.0 Å². The standard InChI is InChI=1S/C15H12Cl3NO4S/c16-10-2-1-3-12(8-10)19(7-6-15(20)21)24(22,23)14-9-11(17)4-5-13(14)18/h1-5,8-9H,6-7H2,(H,20,21). The van der Waals surface area contributed by atoms with Crippen LogP contribution in [0.2, 0.25) is 15.1 Å². The van der Waals surface area contributed by atoms with Gasteiger partial charge in [-0.2, -0.15) is 0 Å². The molecule has 0 aliphatic carbocycles. The second kappa shape index (κ2) is 7.61. The van der Waals surface area contributed by atoms with Gasteiger partial charge < -0.3 is 5.11 Å². The maximum Gasteiger partial charge on any atom is 0.305 e. The summed E-state index contributed by atoms with van der Waals surface area (Å²) < 4.78 is 26.9. The number of carboxylic acids is 1. The number of sulfonamides is 1. The normalized spacial score (nSPS) is 11.3. The lowest BCUT2D eigenvalue weighted by Crippen LogP contribution is -2.33. The highest BCUT2D eigenvalue weighted by atomic mass is 35.5. The first-order chi connectivity index (χ1) is 11.2. The first-order valence-electron chi connectivity index (χ1n) is 6.67. The van der Waals surface area contributed by atoms with E-state index in [2.05, 4.69) is 0 Å². The van der Waals surface area contributed by atoms with Gasteiger partial charge in [0.05, 0.1) is 17.1 Å². The van der Waals surface area contributed by atoms with Crippen molar-refractivity contribution < 1.29 is 18.3 Å². The number of aliphatic carboxylic acids is 1. The van der Waals surface area contributed by atoms with Gasteiger partial charge in [0.1, 0.15) is 4.90 Å². The molecule has 0 fully saturated rings. The zero-order valence-electron chi connectivity index (χ0n) is 12.1. The molecule has 1 N–H and O–H groups in total. The molecule has 0 aliphatic heterocycles. The predicted octanol–water partition coefficient (Wildman–Crippen LogP) is 4.32. The van der Waals surface area contributed by atoms with Crippen molar-refractivity contribution in [3.8, 4) is 0 Å². The molecule has 0 saturated heterocycles. The van der Waals surface area contributed by atoms with Gasteiger partial charge in [-0.3, -0.25) is 9.10 Å². The third-order valence-electron chi connectivity index (χ3n) is 3.09. The zero-order valence-corrected chi connectivity index (χ0v) is 15.2. The lowest BCUT2D eigenvalue weighted by molar-refractivity contribution is -0.136. The number of hydrogen-bond acceptors (Lipinski definition) is 3. The quantitative estimate of drug-likeness (QED) is 0.772. The molecule has 9 heteroatoms. The molecule has 5 nitrogen and oxygen atoms in total. The van der Waals surface area contributed by atoms with Gasteiger partial charge in [-0.25, -0.2) is 8.42 Å². The molecule has 2 aromatic rings. The number of hydrogen-bond donors (Lipinski definition) is 1. The number of rotatable bonds is 6. The molecular weight excluding hydrogens is 397 g/mol. The van der Waals surface area contributed by atoms with Crippen LogP contribution >= 0.6 is 34.8 Å². The Bertz CT molecular complexity index is 871. The minimum Gasteiger partial charge on any atom is -0.481 e. The topological polar surface area (TPSA) is 74.7 Å². The molecule has 0 aliphatic rings. The van der Waals surface area contributed by atoms with Crippen molar-refractivity contribution in [1.29, 1.82) is 0 Å². The summed E-state index contributed by atoms with van der Waals surface area (Å²) in [6.07, 6.45) is -0.385. The second-order valence-electron chi connectivity index (χ2n) is 4.78. The van der Waals surface area contributed by atoms with E-state index in [1.807, 2.05) is 0 Å². The Kier molecular flexibility index (Phi) is 5.98. The Hall–Kier alpha value is -1.47. The molecule has 0 spiro atoms. The molecule has 2 rings (SSSR count). The first-order valence-corrected chi connectivity index (χ1v) is 9.24. The molecule has 0 heterocycles. The minimum absolute atomic E-state index is 0.0123. The van der Waals surface area contributed by atoms with Gasteiger partial charge in [-0.15, -0.1) is 0 Å². The highest BCUT2D eigenvalue weighted by Crippen LogP contribution is 2.31. The van der Waals surface area contributed by atoms with Crippen molar-refractivity contribution in [3.63, 3.8) is 0 Å².